The summed E-state index contributed by atoms with van der Waals surface area (Å²) in [5.41, 5.74) is 1.51. The van der Waals surface area contributed by atoms with Gasteiger partial charge in [0, 0.05) is 11.8 Å². The Kier molecular flexibility index (Phi) is 2.69. The Hall–Kier alpha value is -3.15. The monoisotopic (exact) mass is 293 g/mol. The number of rotatable bonds is 2. The Labute approximate surface area is 124 Å². The predicted octanol–water partition coefficient (Wildman–Crippen LogP) is 2.74. The first-order valence-corrected chi connectivity index (χ1v) is 6.68. The number of nitrogens with one attached hydrogen (secondary N) is 1. The summed E-state index contributed by atoms with van der Waals surface area (Å²) in [5, 5.41) is 0.716. The van der Waals surface area contributed by atoms with Crippen molar-refractivity contribution >= 4 is 22.2 Å². The van der Waals surface area contributed by atoms with E-state index in [-0.39, 0.29) is 11.1 Å². The molecule has 0 saturated carbocycles. The molecular formula is C16H11N3O3. The van der Waals surface area contributed by atoms with E-state index in [1.54, 1.807) is 19.4 Å². The molecule has 3 heterocycles. The molecule has 0 saturated heterocycles. The van der Waals surface area contributed by atoms with Crippen molar-refractivity contribution in [3.05, 3.63) is 52.9 Å². The van der Waals surface area contributed by atoms with Gasteiger partial charge in [-0.25, -0.2) is 9.97 Å². The molecule has 0 aliphatic heterocycles. The van der Waals surface area contributed by atoms with Crippen LogP contribution in [0.3, 0.4) is 0 Å². The van der Waals surface area contributed by atoms with Gasteiger partial charge < -0.3 is 14.1 Å². The Balaban J connectivity index is 2.03. The van der Waals surface area contributed by atoms with Gasteiger partial charge >= 0.3 is 0 Å². The molecule has 0 spiro atoms. The number of hydrogen-bond donors (Lipinski definition) is 1. The second kappa shape index (κ2) is 4.70. The Morgan fingerprint density at radius 2 is 2.14 bits per heavy atom. The Morgan fingerprint density at radius 3 is 3.00 bits per heavy atom. The summed E-state index contributed by atoms with van der Waals surface area (Å²) in [6, 6.07) is 10.9. The van der Waals surface area contributed by atoms with E-state index < -0.39 is 0 Å². The molecule has 0 radical (unpaired) electrons. The molecule has 22 heavy (non-hydrogen) atoms. The molecule has 4 rings (SSSR count). The summed E-state index contributed by atoms with van der Waals surface area (Å²) in [6.07, 6.45) is 1.61. The molecule has 1 N–H and O–H groups in total. The lowest BCUT2D eigenvalue weighted by Gasteiger charge is -2.03. The Morgan fingerprint density at radius 1 is 1.23 bits per heavy atom. The minimum Gasteiger partial charge on any atom is -0.497 e. The van der Waals surface area contributed by atoms with Gasteiger partial charge in [0.1, 0.15) is 17.1 Å². The van der Waals surface area contributed by atoms with E-state index in [2.05, 4.69) is 15.0 Å². The molecule has 0 bridgehead atoms. The van der Waals surface area contributed by atoms with Crippen molar-refractivity contribution in [3.63, 3.8) is 0 Å². The van der Waals surface area contributed by atoms with E-state index in [0.717, 1.165) is 5.56 Å². The molecule has 1 aromatic carbocycles. The molecule has 6 heteroatoms. The summed E-state index contributed by atoms with van der Waals surface area (Å²) < 4.78 is 10.7. The smallest absolute Gasteiger partial charge is 0.294 e. The van der Waals surface area contributed by atoms with Crippen molar-refractivity contribution in [2.24, 2.45) is 0 Å². The molecule has 108 valence electrons. The van der Waals surface area contributed by atoms with Gasteiger partial charge in [-0.05, 0) is 24.3 Å². The van der Waals surface area contributed by atoms with Crippen molar-refractivity contribution in [1.82, 2.24) is 15.0 Å². The van der Waals surface area contributed by atoms with Gasteiger partial charge in [0.15, 0.2) is 0 Å². The van der Waals surface area contributed by atoms with Gasteiger partial charge in [-0.1, -0.05) is 12.1 Å². The lowest BCUT2D eigenvalue weighted by Crippen LogP contribution is -2.08. The van der Waals surface area contributed by atoms with Crippen LogP contribution in [-0.4, -0.2) is 22.1 Å². The number of fused-ring (bicyclic) bond motifs is 3. The van der Waals surface area contributed by atoms with Crippen LogP contribution < -0.4 is 10.3 Å². The van der Waals surface area contributed by atoms with E-state index in [1.165, 1.54) is 0 Å². The van der Waals surface area contributed by atoms with Gasteiger partial charge in [0.05, 0.1) is 12.5 Å². The largest absolute Gasteiger partial charge is 0.497 e. The summed E-state index contributed by atoms with van der Waals surface area (Å²) >= 11 is 0. The van der Waals surface area contributed by atoms with Crippen molar-refractivity contribution in [1.29, 1.82) is 0 Å². The first-order chi connectivity index (χ1) is 10.8. The average Bonchev–Trinajstić information content (AvgIpc) is 2.94. The lowest BCUT2D eigenvalue weighted by atomic mass is 10.2. The van der Waals surface area contributed by atoms with E-state index in [4.69, 9.17) is 9.15 Å². The number of furan rings is 1. The van der Waals surface area contributed by atoms with Crippen LogP contribution >= 0.6 is 0 Å². The highest BCUT2D eigenvalue weighted by Crippen LogP contribution is 2.26. The van der Waals surface area contributed by atoms with Gasteiger partial charge in [-0.2, -0.15) is 0 Å². The second-order valence-electron chi connectivity index (χ2n) is 4.78. The number of H-pyrrole nitrogens is 1. The van der Waals surface area contributed by atoms with Crippen LogP contribution in [0.4, 0.5) is 0 Å². The third-order valence-corrected chi connectivity index (χ3v) is 3.45. The molecule has 0 unspecified atom stereocenters. The zero-order chi connectivity index (χ0) is 15.1. The normalized spacial score (nSPS) is 11.1. The van der Waals surface area contributed by atoms with Crippen molar-refractivity contribution < 1.29 is 9.15 Å². The van der Waals surface area contributed by atoms with Crippen LogP contribution in [-0.2, 0) is 0 Å². The standard InChI is InChI=1S/C16H11N3O3/c1-21-10-5-2-4-9(8-10)14-18-12-11-6-3-7-17-16(11)22-13(12)15(20)19-14/h2-8H,1H3,(H,18,19,20). The lowest BCUT2D eigenvalue weighted by molar-refractivity contribution is 0.415. The maximum atomic E-state index is 12.2. The molecule has 0 fully saturated rings. The highest BCUT2D eigenvalue weighted by atomic mass is 16.5. The van der Waals surface area contributed by atoms with E-state index in [1.807, 2.05) is 30.3 Å². The highest BCUT2D eigenvalue weighted by molar-refractivity contribution is 6.00. The minimum absolute atomic E-state index is 0.181. The van der Waals surface area contributed by atoms with Crippen molar-refractivity contribution in [2.45, 2.75) is 0 Å². The number of methoxy groups -OCH3 is 1. The van der Waals surface area contributed by atoms with E-state index >= 15 is 0 Å². The van der Waals surface area contributed by atoms with Gasteiger partial charge in [0.25, 0.3) is 5.56 Å². The van der Waals surface area contributed by atoms with Gasteiger partial charge in [-0.15, -0.1) is 0 Å². The van der Waals surface area contributed by atoms with Crippen molar-refractivity contribution in [3.8, 4) is 17.1 Å². The quantitative estimate of drug-likeness (QED) is 0.614. The number of ether oxygens (including phenoxy) is 1. The molecule has 6 nitrogen and oxygen atoms in total. The molecule has 0 aliphatic rings. The van der Waals surface area contributed by atoms with E-state index in [0.29, 0.717) is 28.2 Å². The van der Waals surface area contributed by atoms with E-state index in [9.17, 15) is 4.79 Å². The van der Waals surface area contributed by atoms with Crippen LogP contribution in [0, 0.1) is 0 Å². The Bertz CT molecular complexity index is 1050. The summed E-state index contributed by atoms with van der Waals surface area (Å²) in [5.74, 6) is 1.15. The topological polar surface area (TPSA) is 81.0 Å². The van der Waals surface area contributed by atoms with Crippen LogP contribution in [0.25, 0.3) is 33.6 Å². The molecule has 0 atom stereocenters. The minimum atomic E-state index is -0.333. The highest BCUT2D eigenvalue weighted by Gasteiger charge is 2.14. The fraction of sp³-hybridized carbons (Fsp3) is 0.0625. The number of hydrogen-bond acceptors (Lipinski definition) is 5. The van der Waals surface area contributed by atoms with Crippen LogP contribution in [0.5, 0.6) is 5.75 Å². The first-order valence-electron chi connectivity index (χ1n) is 6.68. The second-order valence-corrected chi connectivity index (χ2v) is 4.78. The molecular weight excluding hydrogens is 282 g/mol. The third-order valence-electron chi connectivity index (χ3n) is 3.45. The maximum Gasteiger partial charge on any atom is 0.294 e. The average molecular weight is 293 g/mol. The van der Waals surface area contributed by atoms with Crippen LogP contribution in [0.15, 0.2) is 51.8 Å². The molecule has 4 aromatic rings. The number of aromatic amines is 1. The predicted molar refractivity (Wildman–Crippen MR) is 81.9 cm³/mol. The van der Waals surface area contributed by atoms with Crippen LogP contribution in [0.2, 0.25) is 0 Å². The molecule has 0 amide bonds. The summed E-state index contributed by atoms with van der Waals surface area (Å²) in [7, 11) is 1.59. The van der Waals surface area contributed by atoms with Gasteiger partial charge in [-0.3, -0.25) is 4.79 Å². The number of aromatic nitrogens is 3. The molecule has 0 aliphatic carbocycles. The SMILES string of the molecule is COc1cccc(-c2nc3c(oc4ncccc43)c(=O)[nH]2)c1. The van der Waals surface area contributed by atoms with Crippen LogP contribution in [0.1, 0.15) is 0 Å². The summed E-state index contributed by atoms with van der Waals surface area (Å²) in [6.45, 7) is 0. The maximum absolute atomic E-state index is 12.2. The third kappa shape index (κ3) is 1.85. The zero-order valence-corrected chi connectivity index (χ0v) is 11.7. The zero-order valence-electron chi connectivity index (χ0n) is 11.7. The summed E-state index contributed by atoms with van der Waals surface area (Å²) in [4.78, 5) is 23.6. The number of benzene rings is 1. The molecule has 3 aromatic heterocycles. The van der Waals surface area contributed by atoms with Crippen molar-refractivity contribution in [2.75, 3.05) is 7.11 Å². The fourth-order valence-corrected chi connectivity index (χ4v) is 2.40. The van der Waals surface area contributed by atoms with Gasteiger partial charge in [0.2, 0.25) is 11.3 Å². The number of nitrogens with zero attached hydrogens (tertiary/aromatic N) is 2. The number of pyridine rings is 1. The fourth-order valence-electron chi connectivity index (χ4n) is 2.40. The first kappa shape index (κ1) is 12.6.